The van der Waals surface area contributed by atoms with Gasteiger partial charge in [0.15, 0.2) is 0 Å². The molecule has 0 spiro atoms. The van der Waals surface area contributed by atoms with Gasteiger partial charge < -0.3 is 5.73 Å². The Morgan fingerprint density at radius 2 is 2.46 bits per heavy atom. The summed E-state index contributed by atoms with van der Waals surface area (Å²) in [6.45, 7) is 2.16. The van der Waals surface area contributed by atoms with Gasteiger partial charge in [0.2, 0.25) is 0 Å². The topological polar surface area (TPSA) is 49.8 Å². The minimum Gasteiger partial charge on any atom is -0.312 e. The Labute approximate surface area is 83.0 Å². The van der Waals surface area contributed by atoms with E-state index >= 15 is 0 Å². The van der Waals surface area contributed by atoms with Gasteiger partial charge in [-0.1, -0.05) is 13.3 Å². The van der Waals surface area contributed by atoms with Crippen molar-refractivity contribution in [2.75, 3.05) is 0 Å². The molecule has 1 rings (SSSR count). The fourth-order valence-corrected chi connectivity index (χ4v) is 2.15. The highest BCUT2D eigenvalue weighted by Gasteiger charge is 2.10. The number of unbranched alkanes of at least 4 members (excludes halogenated alkanes) is 1. The Hall–Kier alpha value is -0.850. The van der Waals surface area contributed by atoms with Crippen molar-refractivity contribution < 1.29 is 0 Å². The Kier molecular flexibility index (Phi) is 3.94. The summed E-state index contributed by atoms with van der Waals surface area (Å²) in [5.41, 5.74) is 6.91. The van der Waals surface area contributed by atoms with Crippen LogP contribution in [0.4, 0.5) is 0 Å². The summed E-state index contributed by atoms with van der Waals surface area (Å²) in [5, 5.41) is 10.7. The number of nitrogens with zero attached hydrogens (tertiary/aromatic N) is 1. The molecular formula is C10H14N2S. The SMILES string of the molecule is CCCCc1ccsc1C(N)C#N. The zero-order chi connectivity index (χ0) is 9.68. The van der Waals surface area contributed by atoms with Crippen LogP contribution in [0.2, 0.25) is 0 Å². The fourth-order valence-electron chi connectivity index (χ4n) is 1.25. The predicted octanol–water partition coefficient (Wildman–Crippen LogP) is 2.61. The zero-order valence-corrected chi connectivity index (χ0v) is 8.60. The highest BCUT2D eigenvalue weighted by atomic mass is 32.1. The molecule has 13 heavy (non-hydrogen) atoms. The molecular weight excluding hydrogens is 180 g/mol. The van der Waals surface area contributed by atoms with Gasteiger partial charge in [0.1, 0.15) is 6.04 Å². The number of rotatable bonds is 4. The largest absolute Gasteiger partial charge is 0.312 e. The molecule has 1 atom stereocenters. The molecule has 0 aromatic carbocycles. The van der Waals surface area contributed by atoms with E-state index in [0.29, 0.717) is 0 Å². The van der Waals surface area contributed by atoms with Gasteiger partial charge in [0, 0.05) is 4.88 Å². The lowest BCUT2D eigenvalue weighted by Gasteiger charge is -2.03. The summed E-state index contributed by atoms with van der Waals surface area (Å²) in [5.74, 6) is 0. The van der Waals surface area contributed by atoms with Gasteiger partial charge in [0.25, 0.3) is 0 Å². The maximum atomic E-state index is 8.69. The average molecular weight is 194 g/mol. The number of nitrogens with two attached hydrogens (primary N) is 1. The standard InChI is InChI=1S/C10H14N2S/c1-2-3-4-8-5-6-13-10(8)9(12)7-11/h5-6,9H,2-4,12H2,1H3. The van der Waals surface area contributed by atoms with Gasteiger partial charge in [-0.05, 0) is 29.9 Å². The maximum absolute atomic E-state index is 8.69. The molecule has 1 aromatic rings. The van der Waals surface area contributed by atoms with Crippen LogP contribution in [0.15, 0.2) is 11.4 Å². The first-order chi connectivity index (χ1) is 6.29. The number of hydrogen-bond donors (Lipinski definition) is 1. The first-order valence-electron chi connectivity index (χ1n) is 4.51. The molecule has 0 radical (unpaired) electrons. The first kappa shape index (κ1) is 10.2. The van der Waals surface area contributed by atoms with Crippen LogP contribution in [0.5, 0.6) is 0 Å². The summed E-state index contributed by atoms with van der Waals surface area (Å²) >= 11 is 1.59. The van der Waals surface area contributed by atoms with Crippen LogP contribution in [0, 0.1) is 11.3 Å². The smallest absolute Gasteiger partial charge is 0.128 e. The minimum absolute atomic E-state index is 0.438. The van der Waals surface area contributed by atoms with E-state index in [0.717, 1.165) is 11.3 Å². The van der Waals surface area contributed by atoms with Crippen LogP contribution in [-0.2, 0) is 6.42 Å². The van der Waals surface area contributed by atoms with Crippen LogP contribution in [-0.4, -0.2) is 0 Å². The summed E-state index contributed by atoms with van der Waals surface area (Å²) in [4.78, 5) is 1.04. The second-order valence-electron chi connectivity index (χ2n) is 3.02. The van der Waals surface area contributed by atoms with E-state index in [9.17, 15) is 0 Å². The van der Waals surface area contributed by atoms with Crippen molar-refractivity contribution in [2.45, 2.75) is 32.2 Å². The van der Waals surface area contributed by atoms with E-state index in [1.165, 1.54) is 18.4 Å². The van der Waals surface area contributed by atoms with Crippen molar-refractivity contribution in [1.82, 2.24) is 0 Å². The van der Waals surface area contributed by atoms with Gasteiger partial charge in [-0.15, -0.1) is 11.3 Å². The molecule has 0 aliphatic carbocycles. The maximum Gasteiger partial charge on any atom is 0.128 e. The van der Waals surface area contributed by atoms with Crippen LogP contribution in [0.3, 0.4) is 0 Å². The van der Waals surface area contributed by atoms with E-state index in [2.05, 4.69) is 19.1 Å². The van der Waals surface area contributed by atoms with Crippen LogP contribution < -0.4 is 5.73 Å². The van der Waals surface area contributed by atoms with Gasteiger partial charge in [-0.25, -0.2) is 0 Å². The highest BCUT2D eigenvalue weighted by Crippen LogP contribution is 2.23. The third kappa shape index (κ3) is 2.55. The Bertz CT molecular complexity index is 298. The van der Waals surface area contributed by atoms with Gasteiger partial charge >= 0.3 is 0 Å². The lowest BCUT2D eigenvalue weighted by atomic mass is 10.1. The zero-order valence-electron chi connectivity index (χ0n) is 7.79. The second-order valence-corrected chi connectivity index (χ2v) is 3.97. The minimum atomic E-state index is -0.438. The van der Waals surface area contributed by atoms with E-state index < -0.39 is 6.04 Å². The molecule has 1 unspecified atom stereocenters. The number of hydrogen-bond acceptors (Lipinski definition) is 3. The van der Waals surface area contributed by atoms with Crippen molar-refractivity contribution in [3.8, 4) is 6.07 Å². The quantitative estimate of drug-likeness (QED) is 0.801. The number of nitriles is 1. The third-order valence-corrected chi connectivity index (χ3v) is 3.04. The predicted molar refractivity (Wildman–Crippen MR) is 55.5 cm³/mol. The summed E-state index contributed by atoms with van der Waals surface area (Å²) < 4.78 is 0. The fraction of sp³-hybridized carbons (Fsp3) is 0.500. The molecule has 0 saturated heterocycles. The summed E-state index contributed by atoms with van der Waals surface area (Å²) in [6.07, 6.45) is 3.39. The van der Waals surface area contributed by atoms with Crippen molar-refractivity contribution in [3.63, 3.8) is 0 Å². The number of aryl methyl sites for hydroxylation is 1. The van der Waals surface area contributed by atoms with Crippen molar-refractivity contribution in [2.24, 2.45) is 5.73 Å². The molecule has 2 nitrogen and oxygen atoms in total. The summed E-state index contributed by atoms with van der Waals surface area (Å²) in [7, 11) is 0. The average Bonchev–Trinajstić information content (AvgIpc) is 2.61. The van der Waals surface area contributed by atoms with Crippen molar-refractivity contribution in [3.05, 3.63) is 21.9 Å². The molecule has 0 aliphatic rings. The van der Waals surface area contributed by atoms with Crippen molar-refractivity contribution in [1.29, 1.82) is 5.26 Å². The van der Waals surface area contributed by atoms with Crippen LogP contribution in [0.25, 0.3) is 0 Å². The molecule has 1 aromatic heterocycles. The van der Waals surface area contributed by atoms with Crippen LogP contribution in [0.1, 0.15) is 36.2 Å². The Morgan fingerprint density at radius 1 is 1.69 bits per heavy atom. The van der Waals surface area contributed by atoms with Crippen molar-refractivity contribution >= 4 is 11.3 Å². The highest BCUT2D eigenvalue weighted by molar-refractivity contribution is 7.10. The molecule has 3 heteroatoms. The van der Waals surface area contributed by atoms with Gasteiger partial charge in [-0.3, -0.25) is 0 Å². The Balaban J connectivity index is 2.72. The van der Waals surface area contributed by atoms with Gasteiger partial charge in [0.05, 0.1) is 6.07 Å². The monoisotopic (exact) mass is 194 g/mol. The molecule has 0 fully saturated rings. The molecule has 0 amide bonds. The molecule has 0 saturated carbocycles. The van der Waals surface area contributed by atoms with E-state index in [1.54, 1.807) is 11.3 Å². The third-order valence-electron chi connectivity index (χ3n) is 2.00. The molecule has 70 valence electrons. The normalized spacial score (nSPS) is 12.4. The molecule has 2 N–H and O–H groups in total. The second kappa shape index (κ2) is 5.00. The van der Waals surface area contributed by atoms with Gasteiger partial charge in [-0.2, -0.15) is 5.26 Å². The molecule has 1 heterocycles. The Morgan fingerprint density at radius 3 is 3.08 bits per heavy atom. The summed E-state index contributed by atoms with van der Waals surface area (Å²) in [6, 6.07) is 3.71. The van der Waals surface area contributed by atoms with E-state index in [1.807, 2.05) is 5.38 Å². The molecule has 0 aliphatic heterocycles. The lowest BCUT2D eigenvalue weighted by Crippen LogP contribution is -2.07. The van der Waals surface area contributed by atoms with E-state index in [4.69, 9.17) is 11.0 Å². The number of thiophene rings is 1. The lowest BCUT2D eigenvalue weighted by molar-refractivity contribution is 0.784. The molecule has 0 bridgehead atoms. The first-order valence-corrected chi connectivity index (χ1v) is 5.39. The van der Waals surface area contributed by atoms with Crippen LogP contribution >= 0.6 is 11.3 Å². The van der Waals surface area contributed by atoms with E-state index in [-0.39, 0.29) is 0 Å².